The van der Waals surface area contributed by atoms with Crippen LogP contribution in [0.2, 0.25) is 0 Å². The molecule has 0 unspecified atom stereocenters. The highest BCUT2D eigenvalue weighted by atomic mass is 14.8. The molecule has 0 aliphatic heterocycles. The SMILES string of the molecule is N#Cc1ccc(-c2nc3ccccc3nc2-c2ccc(-c3cc(-c4ccccc4)nc(-c4ccccc4)c3)c3ccccc23)cc1. The summed E-state index contributed by atoms with van der Waals surface area (Å²) in [5.41, 5.74) is 11.9. The first-order valence-electron chi connectivity index (χ1n) is 15.2. The highest BCUT2D eigenvalue weighted by molar-refractivity contribution is 6.07. The fourth-order valence-corrected chi connectivity index (χ4v) is 6.05. The van der Waals surface area contributed by atoms with Gasteiger partial charge in [-0.2, -0.15) is 5.26 Å². The second-order valence-corrected chi connectivity index (χ2v) is 11.2. The van der Waals surface area contributed by atoms with Crippen LogP contribution in [0.25, 0.3) is 78.0 Å². The van der Waals surface area contributed by atoms with Gasteiger partial charge < -0.3 is 0 Å². The molecule has 0 amide bonds. The number of hydrogen-bond acceptors (Lipinski definition) is 4. The third-order valence-corrected chi connectivity index (χ3v) is 8.31. The highest BCUT2D eigenvalue weighted by Crippen LogP contribution is 2.40. The molecule has 0 radical (unpaired) electrons. The molecule has 8 aromatic rings. The van der Waals surface area contributed by atoms with E-state index in [1.165, 1.54) is 0 Å². The summed E-state index contributed by atoms with van der Waals surface area (Å²) in [5.74, 6) is 0. The molecule has 0 saturated heterocycles. The lowest BCUT2D eigenvalue weighted by Crippen LogP contribution is -1.97. The Kier molecular flexibility index (Phi) is 6.83. The van der Waals surface area contributed by atoms with Crippen LogP contribution in [0.5, 0.6) is 0 Å². The molecule has 4 nitrogen and oxygen atoms in total. The quantitative estimate of drug-likeness (QED) is 0.201. The molecule has 214 valence electrons. The van der Waals surface area contributed by atoms with E-state index in [1.54, 1.807) is 0 Å². The fourth-order valence-electron chi connectivity index (χ4n) is 6.05. The molecule has 46 heavy (non-hydrogen) atoms. The molecule has 4 heteroatoms. The third kappa shape index (κ3) is 4.96. The Labute approximate surface area is 266 Å². The van der Waals surface area contributed by atoms with E-state index in [1.807, 2.05) is 84.9 Å². The molecular weight excluding hydrogens is 560 g/mol. The van der Waals surface area contributed by atoms with Gasteiger partial charge in [0.1, 0.15) is 0 Å². The number of rotatable bonds is 5. The van der Waals surface area contributed by atoms with Gasteiger partial charge in [0.05, 0.1) is 45.4 Å². The molecule has 0 aliphatic rings. The molecular formula is C42H26N4. The first-order valence-corrected chi connectivity index (χ1v) is 15.2. The maximum absolute atomic E-state index is 9.39. The van der Waals surface area contributed by atoms with Gasteiger partial charge in [0.15, 0.2) is 0 Å². The van der Waals surface area contributed by atoms with Crippen molar-refractivity contribution in [3.63, 3.8) is 0 Å². The van der Waals surface area contributed by atoms with Crippen molar-refractivity contribution in [3.8, 4) is 62.2 Å². The summed E-state index contributed by atoms with van der Waals surface area (Å²) >= 11 is 0. The van der Waals surface area contributed by atoms with Crippen molar-refractivity contribution in [1.29, 1.82) is 5.26 Å². The molecule has 8 rings (SSSR count). The van der Waals surface area contributed by atoms with E-state index in [0.29, 0.717) is 5.56 Å². The molecule has 0 aliphatic carbocycles. The van der Waals surface area contributed by atoms with Crippen LogP contribution in [0.3, 0.4) is 0 Å². The minimum Gasteiger partial charge on any atom is -0.248 e. The van der Waals surface area contributed by atoms with Gasteiger partial charge in [-0.1, -0.05) is 121 Å². The van der Waals surface area contributed by atoms with E-state index in [0.717, 1.165) is 78.0 Å². The molecule has 0 spiro atoms. The van der Waals surface area contributed by atoms with E-state index in [-0.39, 0.29) is 0 Å². The second kappa shape index (κ2) is 11.6. The van der Waals surface area contributed by atoms with Crippen molar-refractivity contribution in [3.05, 3.63) is 163 Å². The minimum atomic E-state index is 0.607. The number of hydrogen-bond donors (Lipinski definition) is 0. The zero-order chi connectivity index (χ0) is 30.9. The van der Waals surface area contributed by atoms with Crippen molar-refractivity contribution in [1.82, 2.24) is 15.0 Å². The molecule has 0 atom stereocenters. The van der Waals surface area contributed by atoms with E-state index >= 15 is 0 Å². The Morgan fingerprint density at radius 3 is 1.48 bits per heavy atom. The van der Waals surface area contributed by atoms with Gasteiger partial charge in [-0.3, -0.25) is 0 Å². The lowest BCUT2D eigenvalue weighted by atomic mass is 9.91. The Balaban J connectivity index is 1.36. The average molecular weight is 587 g/mol. The minimum absolute atomic E-state index is 0.607. The second-order valence-electron chi connectivity index (χ2n) is 11.2. The van der Waals surface area contributed by atoms with E-state index < -0.39 is 0 Å². The van der Waals surface area contributed by atoms with Crippen LogP contribution in [-0.4, -0.2) is 15.0 Å². The van der Waals surface area contributed by atoms with Crippen molar-refractivity contribution < 1.29 is 0 Å². The maximum atomic E-state index is 9.39. The fraction of sp³-hybridized carbons (Fsp3) is 0. The molecule has 0 bridgehead atoms. The normalized spacial score (nSPS) is 11.0. The van der Waals surface area contributed by atoms with Gasteiger partial charge in [-0.15, -0.1) is 0 Å². The van der Waals surface area contributed by atoms with Gasteiger partial charge >= 0.3 is 0 Å². The standard InChI is InChI=1S/C42H26N4/c43-27-28-19-21-31(22-20-28)41-42(46-38-18-10-9-17-37(38)45-41)36-24-23-33(34-15-7-8-16-35(34)36)32-25-39(29-11-3-1-4-12-29)44-40(26-32)30-13-5-2-6-14-30/h1-26H. The molecule has 2 heterocycles. The summed E-state index contributed by atoms with van der Waals surface area (Å²) in [6.07, 6.45) is 0. The third-order valence-electron chi connectivity index (χ3n) is 8.31. The van der Waals surface area contributed by atoms with E-state index in [9.17, 15) is 5.26 Å². The van der Waals surface area contributed by atoms with Crippen molar-refractivity contribution in [2.24, 2.45) is 0 Å². The zero-order valence-electron chi connectivity index (χ0n) is 24.8. The smallest absolute Gasteiger partial charge is 0.0991 e. The molecule has 0 N–H and O–H groups in total. The Bertz CT molecular complexity index is 2350. The van der Waals surface area contributed by atoms with E-state index in [2.05, 4.69) is 78.9 Å². The lowest BCUT2D eigenvalue weighted by Gasteiger charge is -2.16. The predicted octanol–water partition coefficient (Wildman–Crippen LogP) is 10.4. The lowest BCUT2D eigenvalue weighted by molar-refractivity contribution is 1.29. The molecule has 0 fully saturated rings. The number of fused-ring (bicyclic) bond motifs is 2. The number of para-hydroxylation sites is 2. The largest absolute Gasteiger partial charge is 0.248 e. The topological polar surface area (TPSA) is 62.5 Å². The number of nitrogens with zero attached hydrogens (tertiary/aromatic N) is 4. The number of benzene rings is 6. The Morgan fingerprint density at radius 1 is 0.391 bits per heavy atom. The maximum Gasteiger partial charge on any atom is 0.0991 e. The first kappa shape index (κ1) is 27.1. The summed E-state index contributed by atoms with van der Waals surface area (Å²) < 4.78 is 0. The number of nitriles is 1. The van der Waals surface area contributed by atoms with Crippen LogP contribution in [0, 0.1) is 11.3 Å². The number of pyridine rings is 1. The summed E-state index contributed by atoms with van der Waals surface area (Å²) in [5, 5.41) is 11.6. The van der Waals surface area contributed by atoms with Crippen molar-refractivity contribution in [2.45, 2.75) is 0 Å². The Hall–Kier alpha value is -6.44. The zero-order valence-corrected chi connectivity index (χ0v) is 24.8. The van der Waals surface area contributed by atoms with Crippen LogP contribution < -0.4 is 0 Å². The summed E-state index contributed by atoms with van der Waals surface area (Å²) in [6, 6.07) is 55.6. The van der Waals surface area contributed by atoms with Crippen LogP contribution >= 0.6 is 0 Å². The van der Waals surface area contributed by atoms with Gasteiger partial charge in [0, 0.05) is 22.3 Å². The monoisotopic (exact) mass is 586 g/mol. The number of aromatic nitrogens is 3. The van der Waals surface area contributed by atoms with E-state index in [4.69, 9.17) is 15.0 Å². The molecule has 2 aromatic heterocycles. The summed E-state index contributed by atoms with van der Waals surface area (Å²) in [6.45, 7) is 0. The molecule has 6 aromatic carbocycles. The summed E-state index contributed by atoms with van der Waals surface area (Å²) in [4.78, 5) is 15.4. The van der Waals surface area contributed by atoms with Gasteiger partial charge in [0.25, 0.3) is 0 Å². The predicted molar refractivity (Wildman–Crippen MR) is 187 cm³/mol. The van der Waals surface area contributed by atoms with Crippen LogP contribution in [0.4, 0.5) is 0 Å². The van der Waals surface area contributed by atoms with Crippen LogP contribution in [0.15, 0.2) is 158 Å². The van der Waals surface area contributed by atoms with Gasteiger partial charge in [-0.05, 0) is 58.3 Å². The van der Waals surface area contributed by atoms with Gasteiger partial charge in [0.2, 0.25) is 0 Å². The molecule has 0 saturated carbocycles. The summed E-state index contributed by atoms with van der Waals surface area (Å²) in [7, 11) is 0. The highest BCUT2D eigenvalue weighted by Gasteiger charge is 2.18. The average Bonchev–Trinajstić information content (AvgIpc) is 3.14. The van der Waals surface area contributed by atoms with Crippen molar-refractivity contribution in [2.75, 3.05) is 0 Å². The van der Waals surface area contributed by atoms with Gasteiger partial charge in [-0.25, -0.2) is 15.0 Å². The van der Waals surface area contributed by atoms with Crippen molar-refractivity contribution >= 4 is 21.8 Å². The van der Waals surface area contributed by atoms with Crippen LogP contribution in [-0.2, 0) is 0 Å². The first-order chi connectivity index (χ1) is 22.7. The Morgan fingerprint density at radius 2 is 0.891 bits per heavy atom. The van der Waals surface area contributed by atoms with Crippen LogP contribution in [0.1, 0.15) is 5.56 Å².